The summed E-state index contributed by atoms with van der Waals surface area (Å²) < 4.78 is 4.00. The number of nitrogens with zero attached hydrogens (tertiary/aromatic N) is 5. The van der Waals surface area contributed by atoms with Gasteiger partial charge in [-0.05, 0) is 44.0 Å². The third kappa shape index (κ3) is 2.59. The van der Waals surface area contributed by atoms with Crippen molar-refractivity contribution < 1.29 is 0 Å². The molecule has 0 atom stereocenters. The molecule has 5 aromatic rings. The zero-order valence-corrected chi connectivity index (χ0v) is 16.2. The molecular weight excluding hydrogens is 346 g/mol. The van der Waals surface area contributed by atoms with Crippen molar-refractivity contribution in [1.29, 1.82) is 0 Å². The standard InChI is InChI=1S/C23H21N5/c1-15-9-11-19(12-10-15)28-17(3)16(2)21-22(28)24-14-27-23(21)25-20(26-27)13-18-7-5-4-6-8-18/h4-12,14H,13H2,1-3H3. The number of rotatable bonds is 3. The van der Waals surface area contributed by atoms with Gasteiger partial charge in [0.05, 0.1) is 5.39 Å². The van der Waals surface area contributed by atoms with Crippen molar-refractivity contribution in [2.24, 2.45) is 0 Å². The van der Waals surface area contributed by atoms with Crippen molar-refractivity contribution in [2.45, 2.75) is 27.2 Å². The van der Waals surface area contributed by atoms with E-state index in [9.17, 15) is 0 Å². The van der Waals surface area contributed by atoms with Gasteiger partial charge in [-0.1, -0.05) is 48.0 Å². The molecule has 5 nitrogen and oxygen atoms in total. The molecule has 5 rings (SSSR count). The summed E-state index contributed by atoms with van der Waals surface area (Å²) in [4.78, 5) is 9.59. The summed E-state index contributed by atoms with van der Waals surface area (Å²) in [6.45, 7) is 6.37. The van der Waals surface area contributed by atoms with Gasteiger partial charge >= 0.3 is 0 Å². The van der Waals surface area contributed by atoms with Gasteiger partial charge in [0.1, 0.15) is 6.33 Å². The first kappa shape index (κ1) is 16.7. The van der Waals surface area contributed by atoms with E-state index in [2.05, 4.69) is 66.8 Å². The molecule has 0 N–H and O–H groups in total. The van der Waals surface area contributed by atoms with Crippen LogP contribution in [0.4, 0.5) is 0 Å². The number of benzene rings is 2. The Kier molecular flexibility index (Phi) is 3.76. The Bertz CT molecular complexity index is 1290. The second-order valence-corrected chi connectivity index (χ2v) is 7.28. The van der Waals surface area contributed by atoms with E-state index in [1.165, 1.54) is 22.4 Å². The minimum Gasteiger partial charge on any atom is -0.298 e. The highest BCUT2D eigenvalue weighted by atomic mass is 15.3. The van der Waals surface area contributed by atoms with E-state index in [1.54, 1.807) is 10.8 Å². The van der Waals surface area contributed by atoms with Crippen LogP contribution in [0, 0.1) is 20.8 Å². The third-order valence-electron chi connectivity index (χ3n) is 5.37. The zero-order valence-electron chi connectivity index (χ0n) is 16.2. The highest BCUT2D eigenvalue weighted by Crippen LogP contribution is 2.29. The number of aryl methyl sites for hydroxylation is 2. The van der Waals surface area contributed by atoms with Crippen LogP contribution < -0.4 is 0 Å². The number of hydrogen-bond acceptors (Lipinski definition) is 3. The maximum atomic E-state index is 4.86. The van der Waals surface area contributed by atoms with E-state index >= 15 is 0 Å². The second-order valence-electron chi connectivity index (χ2n) is 7.28. The predicted molar refractivity (Wildman–Crippen MR) is 111 cm³/mol. The Balaban J connectivity index is 1.70. The zero-order chi connectivity index (χ0) is 19.3. The molecule has 5 heteroatoms. The number of hydrogen-bond donors (Lipinski definition) is 0. The fourth-order valence-electron chi connectivity index (χ4n) is 3.77. The van der Waals surface area contributed by atoms with Gasteiger partial charge in [-0.3, -0.25) is 4.57 Å². The van der Waals surface area contributed by atoms with E-state index in [0.717, 1.165) is 28.2 Å². The van der Waals surface area contributed by atoms with Crippen LogP contribution in [0.25, 0.3) is 22.4 Å². The van der Waals surface area contributed by atoms with Crippen molar-refractivity contribution in [1.82, 2.24) is 24.1 Å². The highest BCUT2D eigenvalue weighted by molar-refractivity contribution is 5.95. The largest absolute Gasteiger partial charge is 0.298 e. The summed E-state index contributed by atoms with van der Waals surface area (Å²) in [5.41, 5.74) is 7.70. The van der Waals surface area contributed by atoms with Crippen LogP contribution in [0.1, 0.15) is 28.2 Å². The molecule has 0 spiro atoms. The number of aromatic nitrogens is 5. The molecule has 0 radical (unpaired) electrons. The van der Waals surface area contributed by atoms with E-state index in [4.69, 9.17) is 9.97 Å². The first-order chi connectivity index (χ1) is 13.6. The minimum absolute atomic E-state index is 0.709. The fraction of sp³-hybridized carbons (Fsp3) is 0.174. The first-order valence-electron chi connectivity index (χ1n) is 9.44. The van der Waals surface area contributed by atoms with Crippen LogP contribution in [0.2, 0.25) is 0 Å². The lowest BCUT2D eigenvalue weighted by Gasteiger charge is -2.08. The molecule has 0 aliphatic carbocycles. The molecule has 0 amide bonds. The van der Waals surface area contributed by atoms with Crippen molar-refractivity contribution >= 4 is 16.7 Å². The molecule has 3 heterocycles. The molecular formula is C23H21N5. The van der Waals surface area contributed by atoms with E-state index in [0.29, 0.717) is 6.42 Å². The molecule has 0 aliphatic rings. The molecule has 0 unspecified atom stereocenters. The van der Waals surface area contributed by atoms with Crippen LogP contribution in [-0.2, 0) is 6.42 Å². The van der Waals surface area contributed by atoms with Crippen LogP contribution in [-0.4, -0.2) is 24.1 Å². The Morgan fingerprint density at radius 3 is 2.36 bits per heavy atom. The lowest BCUT2D eigenvalue weighted by Crippen LogP contribution is -1.99. The van der Waals surface area contributed by atoms with E-state index in [1.807, 2.05) is 18.2 Å². The van der Waals surface area contributed by atoms with Crippen molar-refractivity contribution in [3.05, 3.63) is 89.1 Å². The average Bonchev–Trinajstić information content (AvgIpc) is 3.22. The molecule has 0 saturated heterocycles. The Labute approximate surface area is 163 Å². The summed E-state index contributed by atoms with van der Waals surface area (Å²) in [5, 5.41) is 5.72. The van der Waals surface area contributed by atoms with E-state index < -0.39 is 0 Å². The monoisotopic (exact) mass is 367 g/mol. The summed E-state index contributed by atoms with van der Waals surface area (Å²) in [5.74, 6) is 0.806. The van der Waals surface area contributed by atoms with Gasteiger partial charge in [-0.15, -0.1) is 5.10 Å². The van der Waals surface area contributed by atoms with Gasteiger partial charge in [-0.25, -0.2) is 14.5 Å². The smallest absolute Gasteiger partial charge is 0.168 e. The molecule has 0 saturated carbocycles. The van der Waals surface area contributed by atoms with Crippen molar-refractivity contribution in [2.75, 3.05) is 0 Å². The summed E-state index contributed by atoms with van der Waals surface area (Å²) >= 11 is 0. The van der Waals surface area contributed by atoms with Crippen LogP contribution in [0.15, 0.2) is 60.9 Å². The predicted octanol–water partition coefficient (Wildman–Crippen LogP) is 4.58. The lowest BCUT2D eigenvalue weighted by atomic mass is 10.1. The average molecular weight is 367 g/mol. The summed E-state index contributed by atoms with van der Waals surface area (Å²) in [7, 11) is 0. The Hall–Kier alpha value is -3.47. The van der Waals surface area contributed by atoms with Crippen molar-refractivity contribution in [3.63, 3.8) is 0 Å². The molecule has 28 heavy (non-hydrogen) atoms. The molecule has 2 aromatic carbocycles. The van der Waals surface area contributed by atoms with Crippen molar-refractivity contribution in [3.8, 4) is 5.69 Å². The maximum Gasteiger partial charge on any atom is 0.168 e. The van der Waals surface area contributed by atoms with Gasteiger partial charge in [0.2, 0.25) is 0 Å². The molecule has 0 bridgehead atoms. The summed E-state index contributed by atoms with van der Waals surface area (Å²) in [6.07, 6.45) is 2.48. The SMILES string of the molecule is Cc1ccc(-n2c(C)c(C)c3c2ncn2nc(Cc4ccccc4)nc32)cc1. The molecule has 138 valence electrons. The molecule has 0 fully saturated rings. The van der Waals surface area contributed by atoms with Gasteiger partial charge in [0.25, 0.3) is 0 Å². The lowest BCUT2D eigenvalue weighted by molar-refractivity contribution is 0.879. The van der Waals surface area contributed by atoms with E-state index in [-0.39, 0.29) is 0 Å². The van der Waals surface area contributed by atoms with Gasteiger partial charge < -0.3 is 0 Å². The Morgan fingerprint density at radius 2 is 1.61 bits per heavy atom. The first-order valence-corrected chi connectivity index (χ1v) is 9.44. The highest BCUT2D eigenvalue weighted by Gasteiger charge is 2.18. The van der Waals surface area contributed by atoms with Gasteiger partial charge in [0.15, 0.2) is 17.1 Å². The summed E-state index contributed by atoms with van der Waals surface area (Å²) in [6, 6.07) is 18.8. The molecule has 3 aromatic heterocycles. The number of fused-ring (bicyclic) bond motifs is 3. The van der Waals surface area contributed by atoms with Gasteiger partial charge in [-0.2, -0.15) is 0 Å². The van der Waals surface area contributed by atoms with Gasteiger partial charge in [0, 0.05) is 17.8 Å². The van der Waals surface area contributed by atoms with Crippen LogP contribution in [0.5, 0.6) is 0 Å². The third-order valence-corrected chi connectivity index (χ3v) is 5.37. The fourth-order valence-corrected chi connectivity index (χ4v) is 3.77. The molecule has 0 aliphatic heterocycles. The topological polar surface area (TPSA) is 48.0 Å². The normalized spacial score (nSPS) is 11.5. The van der Waals surface area contributed by atoms with Crippen LogP contribution in [0.3, 0.4) is 0 Å². The minimum atomic E-state index is 0.709. The van der Waals surface area contributed by atoms with Crippen LogP contribution >= 0.6 is 0 Å². The maximum absolute atomic E-state index is 4.86. The Morgan fingerprint density at radius 1 is 0.857 bits per heavy atom. The second kappa shape index (κ2) is 6.30. The quantitative estimate of drug-likeness (QED) is 0.469.